The summed E-state index contributed by atoms with van der Waals surface area (Å²) in [4.78, 5) is 6.66. The molecule has 0 radical (unpaired) electrons. The van der Waals surface area contributed by atoms with Gasteiger partial charge in [-0.3, -0.25) is 4.99 Å². The molecule has 0 spiro atoms. The van der Waals surface area contributed by atoms with Gasteiger partial charge in [0.25, 0.3) is 0 Å². The van der Waals surface area contributed by atoms with Gasteiger partial charge in [-0.2, -0.15) is 0 Å². The number of ether oxygens (including phenoxy) is 1. The fraction of sp³-hybridized carbons (Fsp3) is 0.632. The Kier molecular flexibility index (Phi) is 7.53. The summed E-state index contributed by atoms with van der Waals surface area (Å²) in [5, 5.41) is 6.96. The highest BCUT2D eigenvalue weighted by molar-refractivity contribution is 5.80. The third-order valence-corrected chi connectivity index (χ3v) is 4.60. The van der Waals surface area contributed by atoms with Gasteiger partial charge in [0.15, 0.2) is 5.96 Å². The van der Waals surface area contributed by atoms with E-state index in [4.69, 9.17) is 4.74 Å². The molecule has 0 bridgehead atoms. The van der Waals surface area contributed by atoms with Crippen molar-refractivity contribution in [2.45, 2.75) is 31.7 Å². The fourth-order valence-electron chi connectivity index (χ4n) is 3.03. The summed E-state index contributed by atoms with van der Waals surface area (Å²) >= 11 is 0. The minimum Gasteiger partial charge on any atom is -0.385 e. The summed E-state index contributed by atoms with van der Waals surface area (Å²) in [6.45, 7) is 5.96. The summed E-state index contributed by atoms with van der Waals surface area (Å²) in [5.74, 6) is 1.52. The van der Waals surface area contributed by atoms with Crippen molar-refractivity contribution in [3.05, 3.63) is 35.4 Å². The Balaban J connectivity index is 1.68. The molecule has 0 heterocycles. The lowest BCUT2D eigenvalue weighted by atomic mass is 10.0. The second-order valence-corrected chi connectivity index (χ2v) is 6.60. The first-order chi connectivity index (χ1) is 11.7. The molecular formula is C19H32N4O. The molecule has 5 heteroatoms. The van der Waals surface area contributed by atoms with Crippen LogP contribution in [0.15, 0.2) is 29.3 Å². The second-order valence-electron chi connectivity index (χ2n) is 6.60. The zero-order valence-corrected chi connectivity index (χ0v) is 15.5. The molecule has 1 saturated carbocycles. The van der Waals surface area contributed by atoms with E-state index in [1.165, 1.54) is 17.5 Å². The predicted octanol–water partition coefficient (Wildman–Crippen LogP) is 1.98. The van der Waals surface area contributed by atoms with E-state index in [2.05, 4.69) is 58.8 Å². The van der Waals surface area contributed by atoms with Gasteiger partial charge in [0.2, 0.25) is 0 Å². The van der Waals surface area contributed by atoms with Gasteiger partial charge in [0, 0.05) is 52.4 Å². The molecule has 1 aromatic carbocycles. The summed E-state index contributed by atoms with van der Waals surface area (Å²) < 4.78 is 5.09. The molecule has 2 unspecified atom stereocenters. The maximum Gasteiger partial charge on any atom is 0.191 e. The number of hydrogen-bond acceptors (Lipinski definition) is 3. The van der Waals surface area contributed by atoms with Crippen LogP contribution in [0, 0.1) is 6.92 Å². The topological polar surface area (TPSA) is 48.9 Å². The smallest absolute Gasteiger partial charge is 0.191 e. The molecule has 0 amide bonds. The van der Waals surface area contributed by atoms with E-state index in [0.717, 1.165) is 38.6 Å². The zero-order chi connectivity index (χ0) is 17.4. The van der Waals surface area contributed by atoms with E-state index in [9.17, 15) is 0 Å². The number of nitrogens with zero attached hydrogens (tertiary/aromatic N) is 2. The molecule has 1 aliphatic rings. The number of aliphatic imine (C=N–C) groups is 1. The molecule has 5 nitrogen and oxygen atoms in total. The molecule has 1 fully saturated rings. The summed E-state index contributed by atoms with van der Waals surface area (Å²) in [6.07, 6.45) is 2.25. The zero-order valence-electron chi connectivity index (χ0n) is 15.5. The van der Waals surface area contributed by atoms with Crippen molar-refractivity contribution < 1.29 is 4.74 Å². The first-order valence-corrected chi connectivity index (χ1v) is 8.86. The van der Waals surface area contributed by atoms with Crippen LogP contribution in [0.5, 0.6) is 0 Å². The molecule has 2 atom stereocenters. The van der Waals surface area contributed by atoms with Gasteiger partial charge in [-0.1, -0.05) is 24.3 Å². The van der Waals surface area contributed by atoms with Crippen LogP contribution in [-0.2, 0) is 4.74 Å². The van der Waals surface area contributed by atoms with Gasteiger partial charge >= 0.3 is 0 Å². The van der Waals surface area contributed by atoms with Gasteiger partial charge in [-0.15, -0.1) is 0 Å². The Morgan fingerprint density at radius 3 is 2.83 bits per heavy atom. The summed E-state index contributed by atoms with van der Waals surface area (Å²) in [7, 11) is 5.73. The van der Waals surface area contributed by atoms with E-state index >= 15 is 0 Å². The number of rotatable bonds is 9. The molecule has 1 aromatic rings. The van der Waals surface area contributed by atoms with E-state index in [1.807, 2.05) is 7.05 Å². The normalized spacial score (nSPS) is 20.3. The number of guanidine groups is 1. The summed E-state index contributed by atoms with van der Waals surface area (Å²) in [5.41, 5.74) is 2.84. The quantitative estimate of drug-likeness (QED) is 0.412. The largest absolute Gasteiger partial charge is 0.385 e. The van der Waals surface area contributed by atoms with Crippen LogP contribution >= 0.6 is 0 Å². The van der Waals surface area contributed by atoms with Gasteiger partial charge in [0.1, 0.15) is 0 Å². The SMILES string of the molecule is CN=C(NCCN(C)CCCOC)NC1CC1c1ccccc1C. The predicted molar refractivity (Wildman–Crippen MR) is 101 cm³/mol. The van der Waals surface area contributed by atoms with Crippen LogP contribution < -0.4 is 10.6 Å². The van der Waals surface area contributed by atoms with Crippen molar-refractivity contribution in [2.75, 3.05) is 47.4 Å². The average molecular weight is 332 g/mol. The Labute approximate surface area is 146 Å². The Morgan fingerprint density at radius 1 is 1.33 bits per heavy atom. The third kappa shape index (κ3) is 5.80. The molecule has 0 saturated heterocycles. The minimum absolute atomic E-state index is 0.497. The van der Waals surface area contributed by atoms with E-state index < -0.39 is 0 Å². The van der Waals surface area contributed by atoms with E-state index in [1.54, 1.807) is 7.11 Å². The molecule has 2 rings (SSSR count). The van der Waals surface area contributed by atoms with Crippen LogP contribution in [-0.4, -0.2) is 64.3 Å². The molecule has 0 aliphatic heterocycles. The van der Waals surface area contributed by atoms with Crippen molar-refractivity contribution in [3.63, 3.8) is 0 Å². The number of benzene rings is 1. The van der Waals surface area contributed by atoms with Gasteiger partial charge in [-0.25, -0.2) is 0 Å². The third-order valence-electron chi connectivity index (χ3n) is 4.60. The highest BCUT2D eigenvalue weighted by Gasteiger charge is 2.39. The van der Waals surface area contributed by atoms with Crippen molar-refractivity contribution in [1.29, 1.82) is 0 Å². The van der Waals surface area contributed by atoms with Gasteiger partial charge in [-0.05, 0) is 37.9 Å². The van der Waals surface area contributed by atoms with E-state index in [0.29, 0.717) is 12.0 Å². The number of hydrogen-bond donors (Lipinski definition) is 2. The molecule has 24 heavy (non-hydrogen) atoms. The number of nitrogens with one attached hydrogen (secondary N) is 2. The van der Waals surface area contributed by atoms with Crippen molar-refractivity contribution in [1.82, 2.24) is 15.5 Å². The molecular weight excluding hydrogens is 300 g/mol. The minimum atomic E-state index is 0.497. The highest BCUT2D eigenvalue weighted by Crippen LogP contribution is 2.41. The first-order valence-electron chi connectivity index (χ1n) is 8.86. The average Bonchev–Trinajstić information content (AvgIpc) is 3.33. The van der Waals surface area contributed by atoms with E-state index in [-0.39, 0.29) is 0 Å². The van der Waals surface area contributed by atoms with Crippen LogP contribution in [0.3, 0.4) is 0 Å². The van der Waals surface area contributed by atoms with Crippen molar-refractivity contribution in [3.8, 4) is 0 Å². The standard InChI is InChI=1S/C19H32N4O/c1-15-8-5-6-9-16(15)17-14-18(17)22-19(20-2)21-10-12-23(3)11-7-13-24-4/h5-6,8-9,17-18H,7,10-14H2,1-4H3,(H2,20,21,22). The second kappa shape index (κ2) is 9.64. The first kappa shape index (κ1) is 18.7. The molecule has 1 aliphatic carbocycles. The Morgan fingerprint density at radius 2 is 2.12 bits per heavy atom. The van der Waals surface area contributed by atoms with Crippen LogP contribution in [0.2, 0.25) is 0 Å². The number of likely N-dealkylation sites (N-methyl/N-ethyl adjacent to an activating group) is 1. The van der Waals surface area contributed by atoms with Crippen LogP contribution in [0.4, 0.5) is 0 Å². The van der Waals surface area contributed by atoms with Crippen LogP contribution in [0.25, 0.3) is 0 Å². The number of aryl methyl sites for hydroxylation is 1. The molecule has 0 aromatic heterocycles. The lowest BCUT2D eigenvalue weighted by molar-refractivity contribution is 0.180. The van der Waals surface area contributed by atoms with Crippen LogP contribution in [0.1, 0.15) is 29.9 Å². The maximum absolute atomic E-state index is 5.09. The fourth-order valence-corrected chi connectivity index (χ4v) is 3.03. The monoisotopic (exact) mass is 332 g/mol. The lowest BCUT2D eigenvalue weighted by Gasteiger charge is -2.18. The van der Waals surface area contributed by atoms with Gasteiger partial charge in [0.05, 0.1) is 0 Å². The Hall–Kier alpha value is -1.59. The van der Waals surface area contributed by atoms with Crippen molar-refractivity contribution >= 4 is 5.96 Å². The lowest BCUT2D eigenvalue weighted by Crippen LogP contribution is -2.42. The molecule has 2 N–H and O–H groups in total. The summed E-state index contributed by atoms with van der Waals surface area (Å²) in [6, 6.07) is 9.17. The Bertz CT molecular complexity index is 532. The van der Waals surface area contributed by atoms with Gasteiger partial charge < -0.3 is 20.3 Å². The maximum atomic E-state index is 5.09. The number of methoxy groups -OCH3 is 1. The highest BCUT2D eigenvalue weighted by atomic mass is 16.5. The molecule has 134 valence electrons. The van der Waals surface area contributed by atoms with Crippen molar-refractivity contribution in [2.24, 2.45) is 4.99 Å².